The van der Waals surface area contributed by atoms with E-state index in [4.69, 9.17) is 4.42 Å². The molecule has 1 aromatic carbocycles. The molecule has 0 radical (unpaired) electrons. The third-order valence-electron chi connectivity index (χ3n) is 2.77. The Labute approximate surface area is 132 Å². The van der Waals surface area contributed by atoms with Gasteiger partial charge in [-0.3, -0.25) is 4.68 Å². The van der Waals surface area contributed by atoms with Gasteiger partial charge in [0.1, 0.15) is 0 Å². The van der Waals surface area contributed by atoms with Crippen molar-refractivity contribution >= 4 is 22.6 Å². The first kappa shape index (κ1) is 14.1. The zero-order valence-corrected chi connectivity index (χ0v) is 12.7. The average molecular weight is 402 g/mol. The van der Waals surface area contributed by atoms with Gasteiger partial charge in [0.2, 0.25) is 5.89 Å². The standard InChI is InChI=1S/C13H9F2IN4O/c14-11(15)13-19-18-12(21-13)9-3-1-8(2-4-9)6-20-7-10(16)5-17-20/h1-5,7,11H,6H2. The monoisotopic (exact) mass is 402 g/mol. The van der Waals surface area contributed by atoms with Crippen LogP contribution in [0.4, 0.5) is 8.78 Å². The quantitative estimate of drug-likeness (QED) is 0.627. The smallest absolute Gasteiger partial charge is 0.314 e. The summed E-state index contributed by atoms with van der Waals surface area (Å²) in [5.74, 6) is -0.578. The molecule has 0 aliphatic heterocycles. The highest BCUT2D eigenvalue weighted by molar-refractivity contribution is 14.1. The molecule has 0 amide bonds. The fourth-order valence-corrected chi connectivity index (χ4v) is 2.25. The fourth-order valence-electron chi connectivity index (χ4n) is 1.80. The Hall–Kier alpha value is -1.84. The molecule has 0 saturated heterocycles. The lowest BCUT2D eigenvalue weighted by Crippen LogP contribution is -1.99. The molecule has 0 fully saturated rings. The van der Waals surface area contributed by atoms with Crippen LogP contribution in [0.15, 0.2) is 41.1 Å². The van der Waals surface area contributed by atoms with Crippen molar-refractivity contribution in [1.82, 2.24) is 20.0 Å². The summed E-state index contributed by atoms with van der Waals surface area (Å²) in [6.45, 7) is 0.634. The van der Waals surface area contributed by atoms with Gasteiger partial charge in [-0.05, 0) is 40.3 Å². The summed E-state index contributed by atoms with van der Waals surface area (Å²) in [5.41, 5.74) is 1.64. The zero-order chi connectivity index (χ0) is 14.8. The summed E-state index contributed by atoms with van der Waals surface area (Å²) in [4.78, 5) is 0. The van der Waals surface area contributed by atoms with Crippen molar-refractivity contribution in [3.8, 4) is 11.5 Å². The van der Waals surface area contributed by atoms with E-state index < -0.39 is 12.3 Å². The van der Waals surface area contributed by atoms with E-state index in [0.717, 1.165) is 9.13 Å². The van der Waals surface area contributed by atoms with Crippen molar-refractivity contribution in [3.05, 3.63) is 51.7 Å². The van der Waals surface area contributed by atoms with Crippen LogP contribution in [0.25, 0.3) is 11.5 Å². The molecule has 0 N–H and O–H groups in total. The Morgan fingerprint density at radius 3 is 2.52 bits per heavy atom. The molecule has 2 aromatic heterocycles. The van der Waals surface area contributed by atoms with Crippen molar-refractivity contribution in [2.24, 2.45) is 0 Å². The predicted octanol–water partition coefficient (Wildman–Crippen LogP) is 3.52. The summed E-state index contributed by atoms with van der Waals surface area (Å²) < 4.78 is 32.6. The maximum atomic E-state index is 12.4. The molecule has 3 aromatic rings. The Kier molecular flexibility index (Phi) is 3.95. The van der Waals surface area contributed by atoms with Gasteiger partial charge in [0.15, 0.2) is 0 Å². The van der Waals surface area contributed by atoms with E-state index in [-0.39, 0.29) is 5.89 Å². The third kappa shape index (κ3) is 3.26. The lowest BCUT2D eigenvalue weighted by Gasteiger charge is -2.02. The molecule has 0 atom stereocenters. The van der Waals surface area contributed by atoms with Gasteiger partial charge in [-0.15, -0.1) is 10.2 Å². The zero-order valence-electron chi connectivity index (χ0n) is 10.6. The van der Waals surface area contributed by atoms with Crippen LogP contribution in [0.1, 0.15) is 17.9 Å². The second-order valence-corrected chi connectivity index (χ2v) is 5.54. The molecule has 0 unspecified atom stereocenters. The van der Waals surface area contributed by atoms with Gasteiger partial charge in [0.05, 0.1) is 16.3 Å². The summed E-state index contributed by atoms with van der Waals surface area (Å²) >= 11 is 2.19. The number of halogens is 3. The van der Waals surface area contributed by atoms with Gasteiger partial charge >= 0.3 is 6.43 Å². The van der Waals surface area contributed by atoms with Crippen molar-refractivity contribution in [2.75, 3.05) is 0 Å². The summed E-state index contributed by atoms with van der Waals surface area (Å²) in [7, 11) is 0. The first-order valence-corrected chi connectivity index (χ1v) is 7.08. The number of alkyl halides is 2. The molecular weight excluding hydrogens is 393 g/mol. The highest BCUT2D eigenvalue weighted by Crippen LogP contribution is 2.23. The van der Waals surface area contributed by atoms with Crippen molar-refractivity contribution in [2.45, 2.75) is 13.0 Å². The minimum Gasteiger partial charge on any atom is -0.415 e. The number of nitrogens with zero attached hydrogens (tertiary/aromatic N) is 4. The normalized spacial score (nSPS) is 11.2. The summed E-state index contributed by atoms with van der Waals surface area (Å²) in [6, 6.07) is 7.26. The van der Waals surface area contributed by atoms with Gasteiger partial charge in [-0.1, -0.05) is 12.1 Å². The summed E-state index contributed by atoms with van der Waals surface area (Å²) in [6.07, 6.45) is 0.952. The minimum atomic E-state index is -2.76. The topological polar surface area (TPSA) is 56.7 Å². The van der Waals surface area contributed by atoms with E-state index in [1.54, 1.807) is 18.3 Å². The molecule has 0 bridgehead atoms. The van der Waals surface area contributed by atoms with Gasteiger partial charge in [0, 0.05) is 11.8 Å². The minimum absolute atomic E-state index is 0.0884. The van der Waals surface area contributed by atoms with Crippen LogP contribution in [-0.2, 0) is 6.54 Å². The second kappa shape index (κ2) is 5.88. The molecule has 2 heterocycles. The van der Waals surface area contributed by atoms with Crippen LogP contribution >= 0.6 is 22.6 Å². The molecule has 21 heavy (non-hydrogen) atoms. The Morgan fingerprint density at radius 1 is 1.19 bits per heavy atom. The number of aromatic nitrogens is 4. The summed E-state index contributed by atoms with van der Waals surface area (Å²) in [5, 5.41) is 11.1. The van der Waals surface area contributed by atoms with E-state index in [1.165, 1.54) is 0 Å². The van der Waals surface area contributed by atoms with Gasteiger partial charge in [0.25, 0.3) is 5.89 Å². The van der Waals surface area contributed by atoms with Crippen molar-refractivity contribution in [1.29, 1.82) is 0 Å². The first-order chi connectivity index (χ1) is 10.1. The number of hydrogen-bond acceptors (Lipinski definition) is 4. The second-order valence-electron chi connectivity index (χ2n) is 4.30. The lowest BCUT2D eigenvalue weighted by molar-refractivity contribution is 0.116. The van der Waals surface area contributed by atoms with E-state index >= 15 is 0 Å². The van der Waals surface area contributed by atoms with Crippen LogP contribution in [0.5, 0.6) is 0 Å². The van der Waals surface area contributed by atoms with Crippen LogP contribution in [-0.4, -0.2) is 20.0 Å². The Bertz CT molecular complexity index is 739. The molecule has 0 aliphatic rings. The van der Waals surface area contributed by atoms with Gasteiger partial charge in [-0.2, -0.15) is 13.9 Å². The van der Waals surface area contributed by atoms with E-state index in [2.05, 4.69) is 37.9 Å². The molecule has 0 saturated carbocycles. The van der Waals surface area contributed by atoms with E-state index in [0.29, 0.717) is 12.1 Å². The van der Waals surface area contributed by atoms with E-state index in [1.807, 2.05) is 23.0 Å². The fraction of sp³-hybridized carbons (Fsp3) is 0.154. The van der Waals surface area contributed by atoms with Crippen LogP contribution in [0.3, 0.4) is 0 Å². The molecular formula is C13H9F2IN4O. The van der Waals surface area contributed by atoms with Gasteiger partial charge < -0.3 is 4.42 Å². The molecule has 5 nitrogen and oxygen atoms in total. The lowest BCUT2D eigenvalue weighted by atomic mass is 10.1. The highest BCUT2D eigenvalue weighted by Gasteiger charge is 2.16. The maximum absolute atomic E-state index is 12.4. The van der Waals surface area contributed by atoms with Gasteiger partial charge in [-0.25, -0.2) is 0 Å². The Morgan fingerprint density at radius 2 is 1.95 bits per heavy atom. The molecule has 0 aliphatic carbocycles. The van der Waals surface area contributed by atoms with Crippen LogP contribution in [0, 0.1) is 3.57 Å². The first-order valence-electron chi connectivity index (χ1n) is 6.00. The highest BCUT2D eigenvalue weighted by atomic mass is 127. The third-order valence-corrected chi connectivity index (χ3v) is 3.33. The van der Waals surface area contributed by atoms with Crippen molar-refractivity contribution < 1.29 is 13.2 Å². The predicted molar refractivity (Wildman–Crippen MR) is 78.7 cm³/mol. The number of benzene rings is 1. The van der Waals surface area contributed by atoms with Crippen molar-refractivity contribution in [3.63, 3.8) is 0 Å². The average Bonchev–Trinajstić information content (AvgIpc) is 3.09. The van der Waals surface area contributed by atoms with Crippen LogP contribution < -0.4 is 0 Å². The Balaban J connectivity index is 1.76. The number of rotatable bonds is 4. The number of hydrogen-bond donors (Lipinski definition) is 0. The molecule has 8 heteroatoms. The largest absolute Gasteiger partial charge is 0.415 e. The molecule has 108 valence electrons. The maximum Gasteiger partial charge on any atom is 0.314 e. The molecule has 3 rings (SSSR count). The molecule has 0 spiro atoms. The SMILES string of the molecule is FC(F)c1nnc(-c2ccc(Cn3cc(I)cn3)cc2)o1. The van der Waals surface area contributed by atoms with E-state index in [9.17, 15) is 8.78 Å². The van der Waals surface area contributed by atoms with Crippen LogP contribution in [0.2, 0.25) is 0 Å².